The van der Waals surface area contributed by atoms with Gasteiger partial charge >= 0.3 is 0 Å². The van der Waals surface area contributed by atoms with Crippen LogP contribution >= 0.6 is 27.7 Å². The highest BCUT2D eigenvalue weighted by Gasteiger charge is 2.08. The Labute approximate surface area is 140 Å². The summed E-state index contributed by atoms with van der Waals surface area (Å²) in [6.07, 6.45) is 0. The fourth-order valence-electron chi connectivity index (χ4n) is 1.95. The Morgan fingerprint density at radius 2 is 2.00 bits per heavy atom. The van der Waals surface area contributed by atoms with E-state index in [1.807, 2.05) is 18.2 Å². The van der Waals surface area contributed by atoms with E-state index in [0.29, 0.717) is 30.6 Å². The number of hydrogen-bond acceptors (Lipinski definition) is 4. The molecule has 0 saturated heterocycles. The van der Waals surface area contributed by atoms with Gasteiger partial charge in [0.15, 0.2) is 0 Å². The third kappa shape index (κ3) is 5.30. The van der Waals surface area contributed by atoms with Crippen LogP contribution in [-0.4, -0.2) is 12.9 Å². The summed E-state index contributed by atoms with van der Waals surface area (Å²) in [5.41, 5.74) is 1.02. The number of nitrogens with one attached hydrogen (secondary N) is 1. The first-order valence-electron chi connectivity index (χ1n) is 6.59. The van der Waals surface area contributed by atoms with E-state index < -0.39 is 5.76 Å². The molecular weight excluding hydrogens is 376 g/mol. The number of hydrogen-bond donors (Lipinski definition) is 1. The van der Waals surface area contributed by atoms with Gasteiger partial charge in [-0.1, -0.05) is 27.7 Å². The van der Waals surface area contributed by atoms with Crippen molar-refractivity contribution in [2.75, 3.05) is 7.11 Å². The van der Waals surface area contributed by atoms with Gasteiger partial charge in [0.2, 0.25) is 0 Å². The first-order chi connectivity index (χ1) is 10.6. The maximum atomic E-state index is 12.1. The first-order valence-corrected chi connectivity index (χ1v) is 8.43. The molecule has 0 unspecified atom stereocenters. The second kappa shape index (κ2) is 8.55. The highest BCUT2D eigenvalue weighted by Crippen LogP contribution is 2.23. The molecule has 1 N–H and O–H groups in total. The molecule has 0 saturated carbocycles. The summed E-state index contributed by atoms with van der Waals surface area (Å²) >= 11 is 3.98. The molecule has 0 spiro atoms. The molecule has 0 amide bonds. The summed E-state index contributed by atoms with van der Waals surface area (Å²) in [4.78, 5) is 0. The zero-order chi connectivity index (χ0) is 15.9. The highest BCUT2D eigenvalue weighted by atomic mass is 79.9. The zero-order valence-corrected chi connectivity index (χ0v) is 14.3. The monoisotopic (exact) mass is 391 g/mol. The molecule has 2 rings (SSSR count). The van der Waals surface area contributed by atoms with Gasteiger partial charge in [0, 0.05) is 16.6 Å². The molecule has 1 heterocycles. The Morgan fingerprint density at radius 1 is 1.23 bits per heavy atom. The van der Waals surface area contributed by atoms with Crippen molar-refractivity contribution in [2.24, 2.45) is 0 Å². The van der Waals surface area contributed by atoms with E-state index in [-0.39, 0.29) is 5.75 Å². The summed E-state index contributed by atoms with van der Waals surface area (Å²) in [6, 6.07) is 9.33. The lowest BCUT2D eigenvalue weighted by Gasteiger charge is -2.09. The van der Waals surface area contributed by atoms with Crippen molar-refractivity contribution in [3.63, 3.8) is 0 Å². The normalized spacial score (nSPS) is 11.1. The maximum absolute atomic E-state index is 12.1. The first kappa shape index (κ1) is 17.3. The molecule has 0 radical (unpaired) electrons. The topological polar surface area (TPSA) is 34.4 Å². The smallest absolute Gasteiger partial charge is 0.284 e. The van der Waals surface area contributed by atoms with Crippen LogP contribution in [0.15, 0.2) is 39.2 Å². The number of thioether (sulfide) groups is 1. The van der Waals surface area contributed by atoms with Crippen LogP contribution in [0.2, 0.25) is 0 Å². The summed E-state index contributed by atoms with van der Waals surface area (Å²) in [7, 11) is 1.63. The summed E-state index contributed by atoms with van der Waals surface area (Å²) < 4.78 is 36.0. The standard InChI is InChI=1S/C15H16BrF2NO2S/c1-20-14-5-2-11(16)6-10(14)7-19-8-12-3-4-13(21-12)9-22-15(17)18/h2-6,15,19H,7-9H2,1H3. The minimum absolute atomic E-state index is 0.178. The van der Waals surface area contributed by atoms with E-state index >= 15 is 0 Å². The Morgan fingerprint density at radius 3 is 2.73 bits per heavy atom. The quantitative estimate of drug-likeness (QED) is 0.700. The number of ether oxygens (including phenoxy) is 1. The average Bonchev–Trinajstić information content (AvgIpc) is 2.93. The molecule has 120 valence electrons. The average molecular weight is 392 g/mol. The second-order valence-electron chi connectivity index (χ2n) is 4.50. The Balaban J connectivity index is 1.85. The van der Waals surface area contributed by atoms with Gasteiger partial charge in [-0.15, -0.1) is 0 Å². The van der Waals surface area contributed by atoms with E-state index in [1.54, 1.807) is 19.2 Å². The van der Waals surface area contributed by atoms with Crippen molar-refractivity contribution < 1.29 is 17.9 Å². The molecule has 0 aliphatic rings. The van der Waals surface area contributed by atoms with Crippen LogP contribution in [0.25, 0.3) is 0 Å². The van der Waals surface area contributed by atoms with Gasteiger partial charge < -0.3 is 14.5 Å². The van der Waals surface area contributed by atoms with E-state index in [4.69, 9.17) is 9.15 Å². The van der Waals surface area contributed by atoms with E-state index in [9.17, 15) is 8.78 Å². The lowest BCUT2D eigenvalue weighted by atomic mass is 10.2. The minimum Gasteiger partial charge on any atom is -0.496 e. The fraction of sp³-hybridized carbons (Fsp3) is 0.333. The van der Waals surface area contributed by atoms with E-state index in [1.165, 1.54) is 0 Å². The number of rotatable bonds is 8. The van der Waals surface area contributed by atoms with Gasteiger partial charge in [0.1, 0.15) is 17.3 Å². The van der Waals surface area contributed by atoms with Crippen molar-refractivity contribution in [3.05, 3.63) is 51.9 Å². The van der Waals surface area contributed by atoms with Crippen LogP contribution in [0.5, 0.6) is 5.75 Å². The minimum atomic E-state index is -2.38. The number of furan rings is 1. The predicted octanol–water partition coefficient (Wildman–Crippen LogP) is 4.80. The largest absolute Gasteiger partial charge is 0.496 e. The van der Waals surface area contributed by atoms with Gasteiger partial charge in [-0.3, -0.25) is 0 Å². The lowest BCUT2D eigenvalue weighted by Crippen LogP contribution is -2.13. The Hall–Kier alpha value is -1.05. The molecule has 3 nitrogen and oxygen atoms in total. The van der Waals surface area contributed by atoms with Gasteiger partial charge in [0.05, 0.1) is 19.4 Å². The van der Waals surface area contributed by atoms with Crippen molar-refractivity contribution in [2.45, 2.75) is 24.6 Å². The third-order valence-corrected chi connectivity index (χ3v) is 4.12. The molecule has 1 aromatic carbocycles. The molecule has 0 aliphatic carbocycles. The predicted molar refractivity (Wildman–Crippen MR) is 87.2 cm³/mol. The summed E-state index contributed by atoms with van der Waals surface area (Å²) in [6.45, 7) is 1.14. The lowest BCUT2D eigenvalue weighted by molar-refractivity contribution is 0.251. The summed E-state index contributed by atoms with van der Waals surface area (Å²) in [5, 5.41) is 3.25. The molecule has 2 aromatic rings. The van der Waals surface area contributed by atoms with E-state index in [2.05, 4.69) is 21.2 Å². The zero-order valence-electron chi connectivity index (χ0n) is 11.9. The number of halogens is 3. The van der Waals surface area contributed by atoms with Crippen LogP contribution in [-0.2, 0) is 18.8 Å². The molecule has 0 aliphatic heterocycles. The molecule has 22 heavy (non-hydrogen) atoms. The molecule has 7 heteroatoms. The molecular formula is C15H16BrF2NO2S. The molecule has 0 bridgehead atoms. The van der Waals surface area contributed by atoms with E-state index in [0.717, 1.165) is 21.5 Å². The van der Waals surface area contributed by atoms with Crippen LogP contribution in [0.1, 0.15) is 17.1 Å². The second-order valence-corrected chi connectivity index (χ2v) is 6.39. The number of benzene rings is 1. The van der Waals surface area contributed by atoms with Gasteiger partial charge in [-0.25, -0.2) is 0 Å². The van der Waals surface area contributed by atoms with Crippen LogP contribution in [0.4, 0.5) is 8.78 Å². The Bertz CT molecular complexity index is 607. The summed E-state index contributed by atoms with van der Waals surface area (Å²) in [5.74, 6) is -0.113. The molecule has 0 atom stereocenters. The van der Waals surface area contributed by atoms with Crippen molar-refractivity contribution in [1.82, 2.24) is 5.32 Å². The number of methoxy groups -OCH3 is 1. The fourth-order valence-corrected chi connectivity index (χ4v) is 2.80. The maximum Gasteiger partial charge on any atom is 0.284 e. The highest BCUT2D eigenvalue weighted by molar-refractivity contribution is 9.10. The Kier molecular flexibility index (Phi) is 6.72. The van der Waals surface area contributed by atoms with Gasteiger partial charge in [0.25, 0.3) is 5.76 Å². The van der Waals surface area contributed by atoms with Crippen molar-refractivity contribution >= 4 is 27.7 Å². The third-order valence-electron chi connectivity index (χ3n) is 2.93. The van der Waals surface area contributed by atoms with Gasteiger partial charge in [-0.2, -0.15) is 8.78 Å². The molecule has 0 fully saturated rings. The van der Waals surface area contributed by atoms with Crippen LogP contribution in [0, 0.1) is 0 Å². The SMILES string of the molecule is COc1ccc(Br)cc1CNCc1ccc(CSC(F)F)o1. The van der Waals surface area contributed by atoms with Crippen LogP contribution in [0.3, 0.4) is 0 Å². The van der Waals surface area contributed by atoms with Gasteiger partial charge in [-0.05, 0) is 30.3 Å². The van der Waals surface area contributed by atoms with Crippen LogP contribution < -0.4 is 10.1 Å². The molecule has 1 aromatic heterocycles. The number of alkyl halides is 2. The van der Waals surface area contributed by atoms with Crippen molar-refractivity contribution in [1.29, 1.82) is 0 Å². The van der Waals surface area contributed by atoms with Crippen molar-refractivity contribution in [3.8, 4) is 5.75 Å².